The lowest BCUT2D eigenvalue weighted by molar-refractivity contribution is -0.137. The average Bonchev–Trinajstić information content (AvgIpc) is 3.39. The van der Waals surface area contributed by atoms with Gasteiger partial charge in [0, 0.05) is 43.3 Å². The zero-order valence-electron chi connectivity index (χ0n) is 14.6. The summed E-state index contributed by atoms with van der Waals surface area (Å²) in [4.78, 5) is 37.9. The van der Waals surface area contributed by atoms with Gasteiger partial charge in [0.25, 0.3) is 5.91 Å². The Morgan fingerprint density at radius 2 is 1.88 bits per heavy atom. The molecule has 2 saturated heterocycles. The normalized spacial score (nSPS) is 21.2. The summed E-state index contributed by atoms with van der Waals surface area (Å²) in [6, 6.07) is 5.50. The molecular formula is C19H22N4O2S. The first-order chi connectivity index (χ1) is 12.7. The number of amides is 2. The fourth-order valence-electron chi connectivity index (χ4n) is 3.90. The molecule has 2 aromatic rings. The minimum Gasteiger partial charge on any atom is -0.337 e. The molecule has 0 saturated carbocycles. The van der Waals surface area contributed by atoms with Crippen LogP contribution in [0.1, 0.15) is 47.2 Å². The highest BCUT2D eigenvalue weighted by molar-refractivity contribution is 7.09. The highest BCUT2D eigenvalue weighted by Crippen LogP contribution is 2.35. The number of nitrogens with zero attached hydrogens (tertiary/aromatic N) is 4. The van der Waals surface area contributed by atoms with Crippen LogP contribution < -0.4 is 0 Å². The molecular weight excluding hydrogens is 348 g/mol. The summed E-state index contributed by atoms with van der Waals surface area (Å²) in [5.74, 6) is 0.189. The van der Waals surface area contributed by atoms with Crippen molar-refractivity contribution in [3.05, 3.63) is 46.7 Å². The molecule has 2 aromatic heterocycles. The first-order valence-electron chi connectivity index (χ1n) is 9.14. The topological polar surface area (TPSA) is 66.4 Å². The number of likely N-dealkylation sites (tertiary alicyclic amines) is 2. The molecule has 2 amide bonds. The Bertz CT molecular complexity index is 757. The van der Waals surface area contributed by atoms with Gasteiger partial charge < -0.3 is 9.80 Å². The van der Waals surface area contributed by atoms with Crippen molar-refractivity contribution in [3.63, 3.8) is 0 Å². The number of hydrogen-bond acceptors (Lipinski definition) is 5. The van der Waals surface area contributed by atoms with Crippen molar-refractivity contribution in [1.82, 2.24) is 19.8 Å². The summed E-state index contributed by atoms with van der Waals surface area (Å²) in [5, 5.41) is 3.01. The third-order valence-corrected chi connectivity index (χ3v) is 6.16. The molecule has 4 heterocycles. The van der Waals surface area contributed by atoms with E-state index >= 15 is 0 Å². The zero-order valence-corrected chi connectivity index (χ0v) is 15.4. The van der Waals surface area contributed by atoms with E-state index in [-0.39, 0.29) is 23.8 Å². The van der Waals surface area contributed by atoms with E-state index in [1.54, 1.807) is 29.7 Å². The lowest BCUT2D eigenvalue weighted by Crippen LogP contribution is -2.44. The molecule has 6 nitrogen and oxygen atoms in total. The number of rotatable bonds is 3. The lowest BCUT2D eigenvalue weighted by atomic mass is 9.94. The average molecular weight is 370 g/mol. The second kappa shape index (κ2) is 7.53. The second-order valence-corrected chi connectivity index (χ2v) is 7.77. The fourth-order valence-corrected chi connectivity index (χ4v) is 4.69. The molecule has 1 atom stereocenters. The van der Waals surface area contributed by atoms with E-state index in [4.69, 9.17) is 0 Å². The van der Waals surface area contributed by atoms with Gasteiger partial charge in [-0.1, -0.05) is 6.07 Å². The van der Waals surface area contributed by atoms with Crippen molar-refractivity contribution in [2.45, 2.75) is 31.7 Å². The molecule has 0 N–H and O–H groups in total. The highest BCUT2D eigenvalue weighted by Gasteiger charge is 2.37. The number of carbonyl (C=O) groups is 2. The van der Waals surface area contributed by atoms with Gasteiger partial charge in [-0.05, 0) is 37.8 Å². The van der Waals surface area contributed by atoms with Crippen LogP contribution in [0.2, 0.25) is 0 Å². The van der Waals surface area contributed by atoms with Crippen molar-refractivity contribution in [2.24, 2.45) is 5.92 Å². The standard InChI is InChI=1S/C19H22N4O2S/c24-18(23-10-3-5-16(23)17-21-9-13-26-17)14-6-11-22(12-7-14)19(25)15-4-1-2-8-20-15/h1-2,4,8-9,13-14,16H,3,5-7,10-12H2/t16-/m1/s1. The van der Waals surface area contributed by atoms with Gasteiger partial charge in [-0.25, -0.2) is 4.98 Å². The molecule has 7 heteroatoms. The van der Waals surface area contributed by atoms with Crippen LogP contribution >= 0.6 is 11.3 Å². The van der Waals surface area contributed by atoms with Crippen LogP contribution in [0, 0.1) is 5.92 Å². The summed E-state index contributed by atoms with van der Waals surface area (Å²) in [6.07, 6.45) is 6.92. The number of carbonyl (C=O) groups excluding carboxylic acids is 2. The first kappa shape index (κ1) is 17.1. The first-order valence-corrected chi connectivity index (χ1v) is 10.0. The van der Waals surface area contributed by atoms with Gasteiger partial charge >= 0.3 is 0 Å². The molecule has 0 spiro atoms. The SMILES string of the molecule is O=C(c1ccccn1)N1CCC(C(=O)N2CCC[C@@H]2c2nccs2)CC1. The van der Waals surface area contributed by atoms with Crippen LogP contribution in [-0.2, 0) is 4.79 Å². The van der Waals surface area contributed by atoms with E-state index in [2.05, 4.69) is 9.97 Å². The van der Waals surface area contributed by atoms with Gasteiger partial charge in [-0.15, -0.1) is 11.3 Å². The van der Waals surface area contributed by atoms with E-state index in [0.29, 0.717) is 18.8 Å². The van der Waals surface area contributed by atoms with Crippen molar-refractivity contribution in [3.8, 4) is 0 Å². The Morgan fingerprint density at radius 1 is 1.04 bits per heavy atom. The Morgan fingerprint density at radius 3 is 2.58 bits per heavy atom. The summed E-state index contributed by atoms with van der Waals surface area (Å²) in [7, 11) is 0. The van der Waals surface area contributed by atoms with Gasteiger partial charge in [-0.2, -0.15) is 0 Å². The van der Waals surface area contributed by atoms with Gasteiger partial charge in [0.1, 0.15) is 10.7 Å². The predicted octanol–water partition coefficient (Wildman–Crippen LogP) is 2.75. The maximum atomic E-state index is 13.0. The summed E-state index contributed by atoms with van der Waals surface area (Å²) >= 11 is 1.63. The van der Waals surface area contributed by atoms with Crippen LogP contribution in [0.25, 0.3) is 0 Å². The third-order valence-electron chi connectivity index (χ3n) is 5.29. The van der Waals surface area contributed by atoms with Crippen LogP contribution in [0.5, 0.6) is 0 Å². The molecule has 0 radical (unpaired) electrons. The summed E-state index contributed by atoms with van der Waals surface area (Å²) in [6.45, 7) is 2.04. The van der Waals surface area contributed by atoms with E-state index < -0.39 is 0 Å². The Kier molecular flexibility index (Phi) is 4.97. The van der Waals surface area contributed by atoms with Gasteiger partial charge in [0.15, 0.2) is 0 Å². The summed E-state index contributed by atoms with van der Waals surface area (Å²) in [5.41, 5.74) is 0.473. The lowest BCUT2D eigenvalue weighted by Gasteiger charge is -2.34. The predicted molar refractivity (Wildman–Crippen MR) is 98.7 cm³/mol. The zero-order chi connectivity index (χ0) is 17.9. The molecule has 0 aromatic carbocycles. The van der Waals surface area contributed by atoms with E-state index in [9.17, 15) is 9.59 Å². The van der Waals surface area contributed by atoms with Gasteiger partial charge in [0.2, 0.25) is 5.91 Å². The Hall–Kier alpha value is -2.28. The molecule has 26 heavy (non-hydrogen) atoms. The van der Waals surface area contributed by atoms with Crippen LogP contribution in [-0.4, -0.2) is 51.2 Å². The maximum Gasteiger partial charge on any atom is 0.272 e. The number of piperidine rings is 1. The minimum atomic E-state index is -0.0432. The van der Waals surface area contributed by atoms with Crippen LogP contribution in [0.15, 0.2) is 36.0 Å². The van der Waals surface area contributed by atoms with Crippen molar-refractivity contribution < 1.29 is 9.59 Å². The van der Waals surface area contributed by atoms with E-state index in [0.717, 1.165) is 37.2 Å². The Balaban J connectivity index is 1.37. The molecule has 2 aliphatic heterocycles. The number of pyridine rings is 1. The van der Waals surface area contributed by atoms with Gasteiger partial charge in [-0.3, -0.25) is 14.6 Å². The number of aromatic nitrogens is 2. The van der Waals surface area contributed by atoms with Gasteiger partial charge in [0.05, 0.1) is 6.04 Å². The minimum absolute atomic E-state index is 0.00310. The fraction of sp³-hybridized carbons (Fsp3) is 0.474. The Labute approximate surface area is 156 Å². The third kappa shape index (κ3) is 3.35. The van der Waals surface area contributed by atoms with Crippen molar-refractivity contribution in [1.29, 1.82) is 0 Å². The summed E-state index contributed by atoms with van der Waals surface area (Å²) < 4.78 is 0. The molecule has 0 aliphatic carbocycles. The molecule has 0 unspecified atom stereocenters. The molecule has 0 bridgehead atoms. The highest BCUT2D eigenvalue weighted by atomic mass is 32.1. The van der Waals surface area contributed by atoms with E-state index in [1.165, 1.54) is 0 Å². The second-order valence-electron chi connectivity index (χ2n) is 6.84. The van der Waals surface area contributed by atoms with E-state index in [1.807, 2.05) is 27.4 Å². The number of hydrogen-bond donors (Lipinski definition) is 0. The largest absolute Gasteiger partial charge is 0.337 e. The molecule has 2 fully saturated rings. The monoisotopic (exact) mass is 370 g/mol. The smallest absolute Gasteiger partial charge is 0.272 e. The number of thiazole rings is 1. The molecule has 136 valence electrons. The quantitative estimate of drug-likeness (QED) is 0.833. The van der Waals surface area contributed by atoms with Crippen LogP contribution in [0.4, 0.5) is 0 Å². The van der Waals surface area contributed by atoms with Crippen molar-refractivity contribution >= 4 is 23.2 Å². The van der Waals surface area contributed by atoms with Crippen LogP contribution in [0.3, 0.4) is 0 Å². The molecule has 4 rings (SSSR count). The maximum absolute atomic E-state index is 13.0. The van der Waals surface area contributed by atoms with Crippen molar-refractivity contribution in [2.75, 3.05) is 19.6 Å². The molecule has 2 aliphatic rings.